The van der Waals surface area contributed by atoms with Crippen molar-refractivity contribution in [1.82, 2.24) is 19.5 Å². The van der Waals surface area contributed by atoms with Crippen molar-refractivity contribution in [2.24, 2.45) is 0 Å². The summed E-state index contributed by atoms with van der Waals surface area (Å²) in [7, 11) is 0. The van der Waals surface area contributed by atoms with Crippen LogP contribution >= 0.6 is 11.3 Å². The first-order valence-corrected chi connectivity index (χ1v) is 19.7. The van der Waals surface area contributed by atoms with E-state index in [2.05, 4.69) is 147 Å². The van der Waals surface area contributed by atoms with Gasteiger partial charge in [0.15, 0.2) is 0 Å². The molecular weight excluding hydrogens is 900 g/mol. The summed E-state index contributed by atoms with van der Waals surface area (Å²) >= 11 is 1.62. The number of rotatable bonds is 5. The topological polar surface area (TPSA) is 63.8 Å². The third-order valence-electron chi connectivity index (χ3n) is 10.6. The van der Waals surface area contributed by atoms with E-state index in [9.17, 15) is 5.11 Å². The minimum atomic E-state index is -0.367. The van der Waals surface area contributed by atoms with E-state index in [0.29, 0.717) is 0 Å². The normalized spacial score (nSPS) is 11.8. The number of thiophene rings is 1. The molecule has 0 unspecified atom stereocenters. The van der Waals surface area contributed by atoms with Gasteiger partial charge in [-0.2, -0.15) is 0 Å². The van der Waals surface area contributed by atoms with Crippen molar-refractivity contribution in [2.45, 2.75) is 33.2 Å². The first-order chi connectivity index (χ1) is 27.2. The molecule has 6 aromatic carbocycles. The Morgan fingerprint density at radius 2 is 1.33 bits per heavy atom. The fourth-order valence-electron chi connectivity index (χ4n) is 8.05. The van der Waals surface area contributed by atoms with Gasteiger partial charge >= 0.3 is 0 Å². The van der Waals surface area contributed by atoms with Crippen LogP contribution in [0.5, 0.6) is 5.75 Å². The zero-order valence-corrected chi connectivity index (χ0v) is 34.9. The van der Waals surface area contributed by atoms with Crippen LogP contribution in [-0.4, -0.2) is 24.6 Å². The first kappa shape index (κ1) is 36.7. The summed E-state index contributed by atoms with van der Waals surface area (Å²) in [5.41, 5.74) is 11.4. The number of aromatic nitrogens is 4. The van der Waals surface area contributed by atoms with Crippen molar-refractivity contribution >= 4 is 53.4 Å². The standard InChI is InChI=1S/C50H37N4OS.Pt/c1-30-20-25-40-43-38-16-8-9-17-39(38)46(55)44(47(43)56-49(40)52-30)48-53-45-37(18-11-19-42(45)54(48)50(2,3)4)35-14-10-15-36(28-35)41-29-34(26-27-51-41)33-23-21-32(22-24-33)31-12-6-5-7-13-31;/h5-27,29,55H,1-4H3;/q-1;. The van der Waals surface area contributed by atoms with Gasteiger partial charge in [-0.25, -0.2) is 9.97 Å². The van der Waals surface area contributed by atoms with Crippen LogP contribution in [0.3, 0.4) is 0 Å². The second-order valence-electron chi connectivity index (χ2n) is 15.3. The van der Waals surface area contributed by atoms with E-state index in [1.54, 1.807) is 11.3 Å². The third kappa shape index (κ3) is 6.25. The number of nitrogens with zero attached hydrogens (tertiary/aromatic N) is 4. The molecule has 0 amide bonds. The molecule has 4 heterocycles. The average Bonchev–Trinajstić information content (AvgIpc) is 3.80. The van der Waals surface area contributed by atoms with Crippen LogP contribution in [0, 0.1) is 13.0 Å². The molecule has 0 saturated carbocycles. The molecule has 0 aliphatic rings. The molecular formula is C50H37N4OPtS-. The molecule has 7 heteroatoms. The average molecular weight is 937 g/mol. The summed E-state index contributed by atoms with van der Waals surface area (Å²) in [6.07, 6.45) is 1.87. The third-order valence-corrected chi connectivity index (χ3v) is 11.8. The molecule has 5 nitrogen and oxygen atoms in total. The summed E-state index contributed by atoms with van der Waals surface area (Å²) in [6.45, 7) is 8.59. The molecule has 0 atom stereocenters. The van der Waals surface area contributed by atoms with E-state index >= 15 is 0 Å². The summed E-state index contributed by atoms with van der Waals surface area (Å²) in [5.74, 6) is 0.952. The molecule has 280 valence electrons. The Bertz CT molecular complexity index is 3140. The molecule has 1 N–H and O–H groups in total. The first-order valence-electron chi connectivity index (χ1n) is 18.8. The number of para-hydroxylation sites is 1. The van der Waals surface area contributed by atoms with Gasteiger partial charge in [-0.15, -0.1) is 41.2 Å². The number of imidazole rings is 1. The van der Waals surface area contributed by atoms with Gasteiger partial charge in [-0.3, -0.25) is 4.98 Å². The van der Waals surface area contributed by atoms with Crippen LogP contribution < -0.4 is 0 Å². The van der Waals surface area contributed by atoms with Crippen LogP contribution in [-0.2, 0) is 26.6 Å². The monoisotopic (exact) mass is 936 g/mol. The van der Waals surface area contributed by atoms with Gasteiger partial charge in [-0.1, -0.05) is 108 Å². The second-order valence-corrected chi connectivity index (χ2v) is 16.3. The Morgan fingerprint density at radius 1 is 0.649 bits per heavy atom. The van der Waals surface area contributed by atoms with Crippen molar-refractivity contribution < 1.29 is 26.2 Å². The molecule has 10 rings (SSSR count). The van der Waals surface area contributed by atoms with E-state index in [-0.39, 0.29) is 32.4 Å². The minimum absolute atomic E-state index is 0. The largest absolute Gasteiger partial charge is 0.506 e. The van der Waals surface area contributed by atoms with E-state index < -0.39 is 0 Å². The fraction of sp³-hybridized carbons (Fsp3) is 0.100. The van der Waals surface area contributed by atoms with Crippen LogP contribution in [0.1, 0.15) is 26.5 Å². The van der Waals surface area contributed by atoms with Crippen molar-refractivity contribution in [3.63, 3.8) is 0 Å². The van der Waals surface area contributed by atoms with Crippen molar-refractivity contribution in [2.75, 3.05) is 0 Å². The van der Waals surface area contributed by atoms with Gasteiger partial charge < -0.3 is 9.67 Å². The molecule has 10 aromatic rings. The molecule has 4 aromatic heterocycles. The molecule has 0 saturated heterocycles. The molecule has 57 heavy (non-hydrogen) atoms. The number of hydrogen-bond donors (Lipinski definition) is 1. The summed E-state index contributed by atoms with van der Waals surface area (Å²) in [6, 6.07) is 51.9. The van der Waals surface area contributed by atoms with Gasteiger partial charge in [0.1, 0.15) is 16.4 Å². The Kier molecular flexibility index (Phi) is 9.15. The summed E-state index contributed by atoms with van der Waals surface area (Å²) in [4.78, 5) is 16.1. The molecule has 0 aliphatic carbocycles. The second kappa shape index (κ2) is 14.2. The van der Waals surface area contributed by atoms with E-state index in [4.69, 9.17) is 15.0 Å². The van der Waals surface area contributed by atoms with E-state index in [1.807, 2.05) is 37.4 Å². The number of fused-ring (bicyclic) bond motifs is 6. The maximum absolute atomic E-state index is 12.2. The quantitative estimate of drug-likeness (QED) is 0.175. The molecule has 0 bridgehead atoms. The number of hydrogen-bond acceptors (Lipinski definition) is 5. The molecule has 0 fully saturated rings. The Morgan fingerprint density at radius 3 is 2.11 bits per heavy atom. The summed E-state index contributed by atoms with van der Waals surface area (Å²) < 4.78 is 3.25. The molecule has 0 spiro atoms. The van der Waals surface area contributed by atoms with Gasteiger partial charge in [0.25, 0.3) is 0 Å². The number of aryl methyl sites for hydroxylation is 1. The predicted molar refractivity (Wildman–Crippen MR) is 233 cm³/mol. The number of phenolic OH excluding ortho intramolecular Hbond substituents is 1. The zero-order chi connectivity index (χ0) is 38.1. The predicted octanol–water partition coefficient (Wildman–Crippen LogP) is 13.2. The maximum Gasteiger partial charge on any atom is 0.146 e. The number of pyridine rings is 2. The zero-order valence-electron chi connectivity index (χ0n) is 31.8. The summed E-state index contributed by atoms with van der Waals surface area (Å²) in [5, 5.41) is 16.2. The van der Waals surface area contributed by atoms with Gasteiger partial charge in [0.05, 0.1) is 21.3 Å². The number of aromatic hydroxyl groups is 1. The van der Waals surface area contributed by atoms with Crippen LogP contribution in [0.2, 0.25) is 0 Å². The maximum atomic E-state index is 12.2. The SMILES string of the molecule is Cc1ccc2c(n1)sc1c(-c3nc4c(-c5[c-]c(-c6cc(-c7ccc(-c8ccccc8)cc7)ccn6)ccc5)cccc4n3C(C)(C)C)c(O)c3ccccc3c12.[Pt]. The molecule has 0 radical (unpaired) electrons. The van der Waals surface area contributed by atoms with Crippen molar-refractivity contribution in [3.05, 3.63) is 157 Å². The minimum Gasteiger partial charge on any atom is -0.506 e. The number of benzene rings is 6. The Labute approximate surface area is 349 Å². The van der Waals surface area contributed by atoms with Crippen LogP contribution in [0.4, 0.5) is 0 Å². The van der Waals surface area contributed by atoms with Crippen LogP contribution in [0.25, 0.3) is 98.1 Å². The van der Waals surface area contributed by atoms with E-state index in [0.717, 1.165) is 92.7 Å². The molecule has 0 aliphatic heterocycles. The van der Waals surface area contributed by atoms with E-state index in [1.165, 1.54) is 11.1 Å². The Hall–Kier alpha value is -5.94. The number of phenols is 1. The van der Waals surface area contributed by atoms with Crippen LogP contribution in [0.15, 0.2) is 146 Å². The van der Waals surface area contributed by atoms with Gasteiger partial charge in [0, 0.05) is 60.3 Å². The van der Waals surface area contributed by atoms with Crippen molar-refractivity contribution in [1.29, 1.82) is 0 Å². The van der Waals surface area contributed by atoms with Gasteiger partial charge in [-0.05, 0) is 79.6 Å². The Balaban J connectivity index is 0.00000422. The van der Waals surface area contributed by atoms with Crippen molar-refractivity contribution in [3.8, 4) is 61.8 Å². The smallest absolute Gasteiger partial charge is 0.146 e. The fourth-order valence-corrected chi connectivity index (χ4v) is 9.33. The van der Waals surface area contributed by atoms with Gasteiger partial charge in [0.2, 0.25) is 0 Å².